The lowest BCUT2D eigenvalue weighted by Crippen LogP contribution is -2.47. The molecule has 0 unspecified atom stereocenters. The van der Waals surface area contributed by atoms with Crippen LogP contribution in [0.1, 0.15) is 24.8 Å². The lowest BCUT2D eigenvalue weighted by Gasteiger charge is -2.14. The molecule has 148 valence electrons. The molecule has 0 spiro atoms. The van der Waals surface area contributed by atoms with Crippen LogP contribution in [0.3, 0.4) is 0 Å². The number of hydrogen-bond acceptors (Lipinski definition) is 4. The van der Waals surface area contributed by atoms with Crippen LogP contribution in [0.25, 0.3) is 0 Å². The highest BCUT2D eigenvalue weighted by molar-refractivity contribution is 5.89. The standard InChI is InChI=1S/C17H24N4O6/c1-11-5-7-12(8-6-11)20-16(26)18-9-3-2-4-13(15(24)25)21-17(27)19-10-14(22)23/h5-8,13H,2-4,9-10H2,1H3,(H,22,23)(H,24,25)(H2,18,20,26)(H2,19,21,27)/t13-/m0/s1. The highest BCUT2D eigenvalue weighted by atomic mass is 16.4. The van der Waals surface area contributed by atoms with Crippen LogP contribution in [0.15, 0.2) is 24.3 Å². The lowest BCUT2D eigenvalue weighted by atomic mass is 10.1. The van der Waals surface area contributed by atoms with Gasteiger partial charge in [-0.25, -0.2) is 14.4 Å². The third-order valence-electron chi connectivity index (χ3n) is 3.52. The predicted molar refractivity (Wildman–Crippen MR) is 97.6 cm³/mol. The molecular formula is C17H24N4O6. The number of aryl methyl sites for hydroxylation is 1. The summed E-state index contributed by atoms with van der Waals surface area (Å²) in [4.78, 5) is 44.7. The van der Waals surface area contributed by atoms with E-state index in [0.29, 0.717) is 25.1 Å². The predicted octanol–water partition coefficient (Wildman–Crippen LogP) is 1.12. The largest absolute Gasteiger partial charge is 0.480 e. The molecule has 0 fully saturated rings. The van der Waals surface area contributed by atoms with Gasteiger partial charge in [0.2, 0.25) is 0 Å². The van der Waals surface area contributed by atoms with E-state index in [1.807, 2.05) is 24.4 Å². The number of carbonyl (C=O) groups is 4. The van der Waals surface area contributed by atoms with Crippen molar-refractivity contribution >= 4 is 29.7 Å². The van der Waals surface area contributed by atoms with E-state index >= 15 is 0 Å². The minimum Gasteiger partial charge on any atom is -0.480 e. The lowest BCUT2D eigenvalue weighted by molar-refractivity contribution is -0.139. The Balaban J connectivity index is 2.24. The second-order valence-electron chi connectivity index (χ2n) is 5.85. The molecule has 10 heteroatoms. The fraction of sp³-hybridized carbons (Fsp3) is 0.412. The zero-order chi connectivity index (χ0) is 20.2. The van der Waals surface area contributed by atoms with Gasteiger partial charge in [-0.3, -0.25) is 4.79 Å². The number of nitrogens with one attached hydrogen (secondary N) is 4. The van der Waals surface area contributed by atoms with Crippen molar-refractivity contribution in [3.63, 3.8) is 0 Å². The van der Waals surface area contributed by atoms with Crippen LogP contribution in [0.5, 0.6) is 0 Å². The summed E-state index contributed by atoms with van der Waals surface area (Å²) in [7, 11) is 0. The van der Waals surface area contributed by atoms with Gasteiger partial charge in [-0.2, -0.15) is 0 Å². The molecule has 0 aliphatic rings. The van der Waals surface area contributed by atoms with Crippen molar-refractivity contribution in [1.82, 2.24) is 16.0 Å². The summed E-state index contributed by atoms with van der Waals surface area (Å²) in [6.07, 6.45) is 1.11. The van der Waals surface area contributed by atoms with Gasteiger partial charge < -0.3 is 31.5 Å². The maximum absolute atomic E-state index is 11.7. The quantitative estimate of drug-likeness (QED) is 0.334. The van der Waals surface area contributed by atoms with Gasteiger partial charge in [0.15, 0.2) is 0 Å². The molecule has 0 saturated heterocycles. The molecule has 0 bridgehead atoms. The van der Waals surface area contributed by atoms with Crippen molar-refractivity contribution in [3.05, 3.63) is 29.8 Å². The molecule has 0 aliphatic heterocycles. The maximum Gasteiger partial charge on any atom is 0.326 e. The minimum absolute atomic E-state index is 0.150. The van der Waals surface area contributed by atoms with E-state index in [1.165, 1.54) is 0 Å². The third kappa shape index (κ3) is 9.68. The molecule has 0 saturated carbocycles. The molecule has 0 radical (unpaired) electrons. The molecule has 6 N–H and O–H groups in total. The van der Waals surface area contributed by atoms with Gasteiger partial charge in [-0.1, -0.05) is 17.7 Å². The van der Waals surface area contributed by atoms with Crippen LogP contribution in [-0.4, -0.2) is 53.3 Å². The summed E-state index contributed by atoms with van der Waals surface area (Å²) in [6, 6.07) is 4.96. The number of carboxylic acids is 2. The Morgan fingerprint density at radius 3 is 2.22 bits per heavy atom. The third-order valence-corrected chi connectivity index (χ3v) is 3.52. The molecular weight excluding hydrogens is 356 g/mol. The Bertz CT molecular complexity index is 662. The number of amides is 4. The van der Waals surface area contributed by atoms with Crippen LogP contribution in [0, 0.1) is 6.92 Å². The van der Waals surface area contributed by atoms with Crippen LogP contribution in [-0.2, 0) is 9.59 Å². The number of unbranched alkanes of at least 4 members (excludes halogenated alkanes) is 1. The fourth-order valence-corrected chi connectivity index (χ4v) is 2.11. The van der Waals surface area contributed by atoms with Crippen molar-refractivity contribution in [2.75, 3.05) is 18.4 Å². The summed E-state index contributed by atoms with van der Waals surface area (Å²) in [6.45, 7) is 1.69. The van der Waals surface area contributed by atoms with Crippen LogP contribution >= 0.6 is 0 Å². The number of anilines is 1. The van der Waals surface area contributed by atoms with Gasteiger partial charge in [0.05, 0.1) is 0 Å². The number of rotatable bonds is 10. The molecule has 1 rings (SSSR count). The fourth-order valence-electron chi connectivity index (χ4n) is 2.11. The molecule has 1 atom stereocenters. The number of aliphatic carboxylic acids is 2. The summed E-state index contributed by atoms with van der Waals surface area (Å²) in [5.41, 5.74) is 1.75. The number of urea groups is 2. The first kappa shape index (κ1) is 21.7. The number of benzene rings is 1. The van der Waals surface area contributed by atoms with Gasteiger partial charge >= 0.3 is 24.0 Å². The van der Waals surface area contributed by atoms with Gasteiger partial charge in [-0.15, -0.1) is 0 Å². The highest BCUT2D eigenvalue weighted by Crippen LogP contribution is 2.08. The first-order chi connectivity index (χ1) is 12.8. The average Bonchev–Trinajstić information content (AvgIpc) is 2.60. The topological polar surface area (TPSA) is 157 Å². The van der Waals surface area contributed by atoms with Gasteiger partial charge in [-0.05, 0) is 38.3 Å². The second-order valence-corrected chi connectivity index (χ2v) is 5.85. The number of carbonyl (C=O) groups excluding carboxylic acids is 2. The summed E-state index contributed by atoms with van der Waals surface area (Å²) in [5.74, 6) is -2.45. The molecule has 1 aromatic rings. The summed E-state index contributed by atoms with van der Waals surface area (Å²) in [5, 5.41) is 27.1. The van der Waals surface area contributed by atoms with Crippen LogP contribution in [0.2, 0.25) is 0 Å². The first-order valence-electron chi connectivity index (χ1n) is 8.38. The molecule has 27 heavy (non-hydrogen) atoms. The molecule has 0 aromatic heterocycles. The number of hydrogen-bond donors (Lipinski definition) is 6. The Kier molecular flexibility index (Phi) is 9.13. The van der Waals surface area contributed by atoms with Crippen molar-refractivity contribution in [2.24, 2.45) is 0 Å². The van der Waals surface area contributed by atoms with Crippen LogP contribution in [0.4, 0.5) is 15.3 Å². The Labute approximate surface area is 156 Å². The van der Waals surface area contributed by atoms with Gasteiger partial charge in [0.1, 0.15) is 12.6 Å². The normalized spacial score (nSPS) is 11.1. The van der Waals surface area contributed by atoms with E-state index in [4.69, 9.17) is 10.2 Å². The van der Waals surface area contributed by atoms with E-state index in [1.54, 1.807) is 12.1 Å². The maximum atomic E-state index is 11.7. The average molecular weight is 380 g/mol. The Morgan fingerprint density at radius 2 is 1.63 bits per heavy atom. The summed E-state index contributed by atoms with van der Waals surface area (Å²) < 4.78 is 0. The van der Waals surface area contributed by atoms with E-state index in [9.17, 15) is 19.2 Å². The highest BCUT2D eigenvalue weighted by Gasteiger charge is 2.19. The van der Waals surface area contributed by atoms with E-state index in [0.717, 1.165) is 5.56 Å². The van der Waals surface area contributed by atoms with Crippen molar-refractivity contribution in [2.45, 2.75) is 32.2 Å². The van der Waals surface area contributed by atoms with Crippen molar-refractivity contribution < 1.29 is 29.4 Å². The Hall–Kier alpha value is -3.30. The zero-order valence-electron chi connectivity index (χ0n) is 14.9. The van der Waals surface area contributed by atoms with Crippen LogP contribution < -0.4 is 21.3 Å². The summed E-state index contributed by atoms with van der Waals surface area (Å²) >= 11 is 0. The first-order valence-corrected chi connectivity index (χ1v) is 8.38. The number of carboxylic acid groups (broad SMARTS) is 2. The van der Waals surface area contributed by atoms with Crippen molar-refractivity contribution in [1.29, 1.82) is 0 Å². The smallest absolute Gasteiger partial charge is 0.326 e. The van der Waals surface area contributed by atoms with Gasteiger partial charge in [0, 0.05) is 12.2 Å². The van der Waals surface area contributed by atoms with E-state index < -0.39 is 30.6 Å². The van der Waals surface area contributed by atoms with Gasteiger partial charge in [0.25, 0.3) is 0 Å². The molecule has 0 heterocycles. The zero-order valence-corrected chi connectivity index (χ0v) is 14.9. The molecule has 1 aromatic carbocycles. The SMILES string of the molecule is Cc1ccc(NC(=O)NCCCC[C@H](NC(=O)NCC(=O)O)C(=O)O)cc1. The minimum atomic E-state index is -1.23. The van der Waals surface area contributed by atoms with E-state index in [2.05, 4.69) is 16.0 Å². The van der Waals surface area contributed by atoms with Crippen molar-refractivity contribution in [3.8, 4) is 0 Å². The molecule has 10 nitrogen and oxygen atoms in total. The monoisotopic (exact) mass is 380 g/mol. The second kappa shape index (κ2) is 11.3. The Morgan fingerprint density at radius 1 is 0.963 bits per heavy atom. The molecule has 0 aliphatic carbocycles. The van der Waals surface area contributed by atoms with E-state index in [-0.39, 0.29) is 12.5 Å². The molecule has 4 amide bonds.